The topological polar surface area (TPSA) is 24.7 Å². The molecule has 0 bridgehead atoms. The second-order valence-corrected chi connectivity index (χ2v) is 2.98. The molecule has 0 aromatic heterocycles. The van der Waals surface area contributed by atoms with Crippen molar-refractivity contribution in [2.24, 2.45) is 0 Å². The number of hydrogen-bond acceptors (Lipinski definition) is 2. The Morgan fingerprint density at radius 2 is 1.92 bits per heavy atom. The molecule has 0 saturated carbocycles. The molecule has 0 unspecified atom stereocenters. The molecule has 1 saturated heterocycles. The summed E-state index contributed by atoms with van der Waals surface area (Å²) in [4.78, 5) is 2.18. The van der Waals surface area contributed by atoms with Gasteiger partial charge in [-0.3, -0.25) is 0 Å². The number of methoxy groups -OCH3 is 1. The molecule has 0 aliphatic carbocycles. The second-order valence-electron chi connectivity index (χ2n) is 2.98. The van der Waals surface area contributed by atoms with Gasteiger partial charge in [-0.15, -0.1) is 0 Å². The Kier molecular flexibility index (Phi) is 3.34. The van der Waals surface area contributed by atoms with Crippen molar-refractivity contribution >= 4 is 6.02 Å². The third-order valence-electron chi connectivity index (χ3n) is 1.85. The first-order chi connectivity index (χ1) is 5.75. The summed E-state index contributed by atoms with van der Waals surface area (Å²) in [5, 5.41) is 0. The number of nitrogens with zero attached hydrogens (tertiary/aromatic N) is 2. The zero-order valence-electron chi connectivity index (χ0n) is 8.04. The number of rotatable bonds is 0. The van der Waals surface area contributed by atoms with Crippen LogP contribution in [0.25, 0.3) is 0 Å². The van der Waals surface area contributed by atoms with Gasteiger partial charge in [0, 0.05) is 0 Å². The van der Waals surface area contributed by atoms with E-state index in [2.05, 4.69) is 4.90 Å². The van der Waals surface area contributed by atoms with Gasteiger partial charge in [-0.1, -0.05) is 0 Å². The van der Waals surface area contributed by atoms with E-state index in [4.69, 9.17) is 9.47 Å². The zero-order chi connectivity index (χ0) is 8.97. The van der Waals surface area contributed by atoms with Gasteiger partial charge in [0.2, 0.25) is 0 Å². The minimum absolute atomic E-state index is 0.792. The van der Waals surface area contributed by atoms with Gasteiger partial charge in [0.25, 0.3) is 0 Å². The number of ether oxygens (including phenoxy) is 2. The first-order valence-electron chi connectivity index (χ1n) is 4.16. The van der Waals surface area contributed by atoms with Crippen LogP contribution in [0.2, 0.25) is 0 Å². The summed E-state index contributed by atoms with van der Waals surface area (Å²) in [6.45, 7) is 3.42. The lowest BCUT2D eigenvalue weighted by Gasteiger charge is -2.22. The number of morpholine rings is 1. The van der Waals surface area contributed by atoms with Crippen LogP contribution in [0.3, 0.4) is 0 Å². The van der Waals surface area contributed by atoms with Crippen LogP contribution in [0.1, 0.15) is 0 Å². The summed E-state index contributed by atoms with van der Waals surface area (Å²) >= 11 is 0. The molecule has 0 aromatic carbocycles. The Bertz CT molecular complexity index is 170. The Hall–Kier alpha value is -0.770. The molecule has 0 N–H and O–H groups in total. The van der Waals surface area contributed by atoms with Crippen LogP contribution in [0.4, 0.5) is 0 Å². The zero-order valence-corrected chi connectivity index (χ0v) is 8.04. The van der Waals surface area contributed by atoms with Crippen molar-refractivity contribution in [2.75, 3.05) is 47.5 Å². The quantitative estimate of drug-likeness (QED) is 0.283. The largest absolute Gasteiger partial charge is 0.445 e. The van der Waals surface area contributed by atoms with Crippen molar-refractivity contribution in [2.45, 2.75) is 0 Å². The molecule has 0 amide bonds. The molecule has 0 aromatic rings. The SMILES string of the molecule is COC(N1CCOCC1)=[N+](C)C. The molecule has 70 valence electrons. The maximum absolute atomic E-state index is 5.26. The Morgan fingerprint density at radius 1 is 1.33 bits per heavy atom. The lowest BCUT2D eigenvalue weighted by Crippen LogP contribution is -2.44. The molecule has 4 nitrogen and oxygen atoms in total. The average Bonchev–Trinajstić information content (AvgIpc) is 2.07. The summed E-state index contributed by atoms with van der Waals surface area (Å²) in [6, 6.07) is 0.915. The van der Waals surface area contributed by atoms with Crippen molar-refractivity contribution in [1.29, 1.82) is 0 Å². The molecule has 0 atom stereocenters. The summed E-state index contributed by atoms with van der Waals surface area (Å²) in [5.74, 6) is 0. The highest BCUT2D eigenvalue weighted by Gasteiger charge is 2.23. The van der Waals surface area contributed by atoms with Gasteiger partial charge < -0.3 is 9.47 Å². The summed E-state index contributed by atoms with van der Waals surface area (Å²) in [5.41, 5.74) is 0. The van der Waals surface area contributed by atoms with Crippen LogP contribution in [-0.4, -0.2) is 63.0 Å². The Labute approximate surface area is 73.4 Å². The van der Waals surface area contributed by atoms with Gasteiger partial charge in [0.15, 0.2) is 0 Å². The van der Waals surface area contributed by atoms with E-state index < -0.39 is 0 Å². The van der Waals surface area contributed by atoms with Gasteiger partial charge in [0.05, 0.1) is 34.4 Å². The van der Waals surface area contributed by atoms with E-state index >= 15 is 0 Å². The molecular weight excluding hydrogens is 156 g/mol. The van der Waals surface area contributed by atoms with Crippen molar-refractivity contribution < 1.29 is 14.0 Å². The van der Waals surface area contributed by atoms with Crippen LogP contribution >= 0.6 is 0 Å². The summed E-state index contributed by atoms with van der Waals surface area (Å²) in [7, 11) is 5.66. The van der Waals surface area contributed by atoms with Crippen molar-refractivity contribution in [1.82, 2.24) is 4.90 Å². The predicted molar refractivity (Wildman–Crippen MR) is 46.5 cm³/mol. The van der Waals surface area contributed by atoms with E-state index in [0.29, 0.717) is 0 Å². The fourth-order valence-corrected chi connectivity index (χ4v) is 1.35. The summed E-state index contributed by atoms with van der Waals surface area (Å²) < 4.78 is 12.5. The second kappa shape index (κ2) is 4.30. The monoisotopic (exact) mass is 173 g/mol. The minimum Gasteiger partial charge on any atom is -0.435 e. The van der Waals surface area contributed by atoms with Crippen molar-refractivity contribution in [3.05, 3.63) is 0 Å². The van der Waals surface area contributed by atoms with Crippen molar-refractivity contribution in [3.63, 3.8) is 0 Å². The maximum atomic E-state index is 5.26. The molecular formula is C8H17N2O2+. The van der Waals surface area contributed by atoms with Gasteiger partial charge in [-0.25, -0.2) is 9.48 Å². The van der Waals surface area contributed by atoms with Crippen LogP contribution in [0, 0.1) is 0 Å². The molecule has 1 heterocycles. The molecule has 1 aliphatic rings. The molecule has 12 heavy (non-hydrogen) atoms. The van der Waals surface area contributed by atoms with Gasteiger partial charge in [-0.2, -0.15) is 0 Å². The normalized spacial score (nSPS) is 17.4. The fraction of sp³-hybridized carbons (Fsp3) is 0.875. The smallest absolute Gasteiger partial charge is 0.435 e. The molecule has 4 heteroatoms. The van der Waals surface area contributed by atoms with Crippen LogP contribution < -0.4 is 0 Å². The lowest BCUT2D eigenvalue weighted by molar-refractivity contribution is -0.481. The number of amidine groups is 1. The Morgan fingerprint density at radius 3 is 2.33 bits per heavy atom. The highest BCUT2D eigenvalue weighted by atomic mass is 16.5. The molecule has 0 spiro atoms. The molecule has 1 aliphatic heterocycles. The van der Waals surface area contributed by atoms with Crippen molar-refractivity contribution in [3.8, 4) is 0 Å². The van der Waals surface area contributed by atoms with Gasteiger partial charge in [-0.05, 0) is 0 Å². The van der Waals surface area contributed by atoms with E-state index in [9.17, 15) is 0 Å². The fourth-order valence-electron chi connectivity index (χ4n) is 1.35. The average molecular weight is 173 g/mol. The van der Waals surface area contributed by atoms with E-state index in [1.807, 2.05) is 18.7 Å². The van der Waals surface area contributed by atoms with E-state index in [1.54, 1.807) is 7.11 Å². The minimum atomic E-state index is 0.792. The first kappa shape index (κ1) is 9.32. The van der Waals surface area contributed by atoms with E-state index in [-0.39, 0.29) is 0 Å². The highest BCUT2D eigenvalue weighted by Crippen LogP contribution is 1.98. The van der Waals surface area contributed by atoms with E-state index in [1.165, 1.54) is 0 Å². The standard InChI is InChI=1S/C8H17N2O2/c1-9(2)8(11-3)10-4-6-12-7-5-10/h4-7H2,1-3H3/q+1. The van der Waals surface area contributed by atoms with Gasteiger partial charge in [0.1, 0.15) is 13.1 Å². The maximum Gasteiger partial charge on any atom is 0.445 e. The van der Waals surface area contributed by atoms with Crippen LogP contribution in [0.5, 0.6) is 0 Å². The molecule has 1 fully saturated rings. The first-order valence-corrected chi connectivity index (χ1v) is 4.16. The number of hydrogen-bond donors (Lipinski definition) is 0. The highest BCUT2D eigenvalue weighted by molar-refractivity contribution is 5.68. The lowest BCUT2D eigenvalue weighted by atomic mass is 10.4. The predicted octanol–water partition coefficient (Wildman–Crippen LogP) is -0.407. The van der Waals surface area contributed by atoms with Crippen LogP contribution in [0.15, 0.2) is 0 Å². The molecule has 0 radical (unpaired) electrons. The van der Waals surface area contributed by atoms with Gasteiger partial charge >= 0.3 is 6.02 Å². The molecule has 1 rings (SSSR count). The third kappa shape index (κ3) is 2.11. The van der Waals surface area contributed by atoms with E-state index in [0.717, 1.165) is 32.3 Å². The van der Waals surface area contributed by atoms with Crippen LogP contribution in [-0.2, 0) is 9.47 Å². The Balaban J connectivity index is 2.59. The third-order valence-corrected chi connectivity index (χ3v) is 1.85. The summed E-state index contributed by atoms with van der Waals surface area (Å²) in [6.07, 6.45) is 0.